The second kappa shape index (κ2) is 8.38. The van der Waals surface area contributed by atoms with E-state index in [0.29, 0.717) is 12.3 Å². The third-order valence-corrected chi connectivity index (χ3v) is 5.14. The first-order chi connectivity index (χ1) is 11.8. The molecule has 0 aromatic heterocycles. The number of halogens is 2. The molecule has 0 bridgehead atoms. The van der Waals surface area contributed by atoms with Gasteiger partial charge in [0.05, 0.1) is 11.6 Å². The monoisotopic (exact) mass is 399 g/mol. The maximum absolute atomic E-state index is 12.4. The number of esters is 1. The Morgan fingerprint density at radius 1 is 1.16 bits per heavy atom. The highest BCUT2D eigenvalue weighted by Gasteiger charge is 2.18. The fourth-order valence-corrected chi connectivity index (χ4v) is 3.73. The summed E-state index contributed by atoms with van der Waals surface area (Å²) < 4.78 is 32.0. The molecule has 0 spiro atoms. The number of carbonyl (C=O) groups is 1. The number of sulfonamides is 1. The molecule has 0 atom stereocenters. The number of benzene rings is 2. The Morgan fingerprint density at radius 2 is 1.84 bits per heavy atom. The van der Waals surface area contributed by atoms with Crippen molar-refractivity contribution in [2.45, 2.75) is 11.8 Å². The minimum atomic E-state index is -3.87. The molecule has 2 rings (SSSR count). The molecule has 2 aromatic carbocycles. The number of carbonyl (C=O) groups excluding carboxylic acids is 1. The van der Waals surface area contributed by atoms with Crippen molar-refractivity contribution in [1.29, 1.82) is 0 Å². The smallest absolute Gasteiger partial charge is 0.330 e. The molecular weight excluding hydrogens is 385 g/mol. The van der Waals surface area contributed by atoms with Gasteiger partial charge in [-0.3, -0.25) is 4.72 Å². The molecule has 25 heavy (non-hydrogen) atoms. The van der Waals surface area contributed by atoms with Gasteiger partial charge in [-0.1, -0.05) is 35.3 Å². The van der Waals surface area contributed by atoms with Crippen LogP contribution in [0.4, 0.5) is 5.69 Å². The van der Waals surface area contributed by atoms with Gasteiger partial charge in [-0.25, -0.2) is 13.2 Å². The Morgan fingerprint density at radius 3 is 2.48 bits per heavy atom. The summed E-state index contributed by atoms with van der Waals surface area (Å²) in [6.07, 6.45) is 2.87. The minimum absolute atomic E-state index is 0.0749. The number of hydrogen-bond acceptors (Lipinski definition) is 4. The van der Waals surface area contributed by atoms with Crippen molar-refractivity contribution in [2.24, 2.45) is 0 Å². The summed E-state index contributed by atoms with van der Waals surface area (Å²) in [6, 6.07) is 10.7. The first-order valence-electron chi connectivity index (χ1n) is 7.24. The zero-order valence-corrected chi connectivity index (χ0v) is 15.5. The largest absolute Gasteiger partial charge is 0.463 e. The molecule has 0 unspecified atom stereocenters. The summed E-state index contributed by atoms with van der Waals surface area (Å²) >= 11 is 11.8. The van der Waals surface area contributed by atoms with Crippen LogP contribution in [0.2, 0.25) is 10.0 Å². The predicted molar refractivity (Wildman–Crippen MR) is 99.4 cm³/mol. The normalized spacial score (nSPS) is 11.5. The molecule has 1 N–H and O–H groups in total. The average molecular weight is 400 g/mol. The van der Waals surface area contributed by atoms with Crippen molar-refractivity contribution in [1.82, 2.24) is 0 Å². The average Bonchev–Trinajstić information content (AvgIpc) is 2.56. The lowest BCUT2D eigenvalue weighted by Gasteiger charge is -2.10. The third-order valence-electron chi connectivity index (χ3n) is 3.04. The van der Waals surface area contributed by atoms with E-state index < -0.39 is 16.0 Å². The van der Waals surface area contributed by atoms with Gasteiger partial charge in [-0.05, 0) is 48.9 Å². The van der Waals surface area contributed by atoms with Gasteiger partial charge in [0, 0.05) is 16.8 Å². The maximum Gasteiger partial charge on any atom is 0.330 e. The van der Waals surface area contributed by atoms with Crippen molar-refractivity contribution in [3.8, 4) is 0 Å². The molecule has 8 heteroatoms. The zero-order chi connectivity index (χ0) is 18.4. The Balaban J connectivity index is 2.15. The maximum atomic E-state index is 12.4. The van der Waals surface area contributed by atoms with E-state index in [4.69, 9.17) is 27.9 Å². The van der Waals surface area contributed by atoms with Crippen LogP contribution in [0.25, 0.3) is 6.08 Å². The van der Waals surface area contributed by atoms with Crippen LogP contribution in [0, 0.1) is 0 Å². The van der Waals surface area contributed by atoms with Crippen LogP contribution >= 0.6 is 23.2 Å². The second-order valence-electron chi connectivity index (χ2n) is 4.89. The molecule has 0 heterocycles. The quantitative estimate of drug-likeness (QED) is 0.577. The predicted octanol–water partition coefficient (Wildman–Crippen LogP) is 4.37. The fourth-order valence-electron chi connectivity index (χ4n) is 1.91. The van der Waals surface area contributed by atoms with Crippen molar-refractivity contribution < 1.29 is 17.9 Å². The summed E-state index contributed by atoms with van der Waals surface area (Å²) in [5.74, 6) is -0.442. The van der Waals surface area contributed by atoms with E-state index in [0.717, 1.165) is 5.56 Å². The van der Waals surface area contributed by atoms with E-state index in [1.165, 1.54) is 24.3 Å². The number of nitrogens with one attached hydrogen (secondary N) is 1. The molecule has 0 fully saturated rings. The number of ether oxygens (including phenoxy) is 1. The van der Waals surface area contributed by atoms with E-state index in [9.17, 15) is 13.2 Å². The number of rotatable bonds is 6. The Hall–Kier alpha value is -2.02. The minimum Gasteiger partial charge on any atom is -0.463 e. The molecule has 0 saturated carbocycles. The molecule has 0 aliphatic heterocycles. The standard InChI is InChI=1S/C17H15Cl2NO4S/c1-2-24-17(21)10-5-12-3-7-14(8-4-12)20-25(22,23)16-11-13(18)6-9-15(16)19/h3-11,20H,2H2,1H3/b10-5+. The molecule has 0 radical (unpaired) electrons. The third kappa shape index (κ3) is 5.49. The second-order valence-corrected chi connectivity index (χ2v) is 7.38. The molecule has 0 aliphatic carbocycles. The summed E-state index contributed by atoms with van der Waals surface area (Å²) in [7, 11) is -3.87. The molecule has 2 aromatic rings. The van der Waals surface area contributed by atoms with Crippen molar-refractivity contribution in [3.05, 3.63) is 64.1 Å². The van der Waals surface area contributed by atoms with Crippen LogP contribution in [0.15, 0.2) is 53.4 Å². The SMILES string of the molecule is CCOC(=O)/C=C/c1ccc(NS(=O)(=O)c2cc(Cl)ccc2Cl)cc1. The van der Waals surface area contributed by atoms with Gasteiger partial charge in [-0.2, -0.15) is 0 Å². The van der Waals surface area contributed by atoms with Crippen LogP contribution < -0.4 is 4.72 Å². The van der Waals surface area contributed by atoms with Crippen molar-refractivity contribution >= 4 is 51.0 Å². The summed E-state index contributed by atoms with van der Waals surface area (Å²) in [5.41, 5.74) is 1.07. The lowest BCUT2D eigenvalue weighted by molar-refractivity contribution is -0.137. The van der Waals surface area contributed by atoms with E-state index in [1.54, 1.807) is 37.3 Å². The topological polar surface area (TPSA) is 72.5 Å². The first-order valence-corrected chi connectivity index (χ1v) is 9.48. The van der Waals surface area contributed by atoms with Crippen LogP contribution in [-0.2, 0) is 19.6 Å². The number of anilines is 1. The Labute approximate surface area is 156 Å². The lowest BCUT2D eigenvalue weighted by Crippen LogP contribution is -2.13. The Kier molecular flexibility index (Phi) is 6.47. The van der Waals surface area contributed by atoms with E-state index in [2.05, 4.69) is 4.72 Å². The van der Waals surface area contributed by atoms with Crippen molar-refractivity contribution in [2.75, 3.05) is 11.3 Å². The highest BCUT2D eigenvalue weighted by Crippen LogP contribution is 2.27. The molecule has 5 nitrogen and oxygen atoms in total. The lowest BCUT2D eigenvalue weighted by atomic mass is 10.2. The first kappa shape index (κ1) is 19.3. The van der Waals surface area contributed by atoms with E-state index in [1.807, 2.05) is 0 Å². The van der Waals surface area contributed by atoms with E-state index in [-0.39, 0.29) is 14.9 Å². The highest BCUT2D eigenvalue weighted by atomic mass is 35.5. The molecular formula is C17H15Cl2NO4S. The fraction of sp³-hybridized carbons (Fsp3) is 0.118. The van der Waals surface area contributed by atoms with Crippen LogP contribution in [0.3, 0.4) is 0 Å². The summed E-state index contributed by atoms with van der Waals surface area (Å²) in [4.78, 5) is 11.2. The van der Waals surface area contributed by atoms with Gasteiger partial charge < -0.3 is 4.74 Å². The van der Waals surface area contributed by atoms with Gasteiger partial charge in [0.15, 0.2) is 0 Å². The highest BCUT2D eigenvalue weighted by molar-refractivity contribution is 7.92. The van der Waals surface area contributed by atoms with Crippen molar-refractivity contribution in [3.63, 3.8) is 0 Å². The molecule has 0 aliphatic rings. The molecule has 0 amide bonds. The van der Waals surface area contributed by atoms with Gasteiger partial charge in [0.1, 0.15) is 4.90 Å². The van der Waals surface area contributed by atoms with E-state index >= 15 is 0 Å². The Bertz CT molecular complexity index is 893. The molecule has 0 saturated heterocycles. The number of hydrogen-bond donors (Lipinski definition) is 1. The van der Waals surface area contributed by atoms with Crippen LogP contribution in [0.1, 0.15) is 12.5 Å². The van der Waals surface area contributed by atoms with Gasteiger partial charge >= 0.3 is 5.97 Å². The summed E-state index contributed by atoms with van der Waals surface area (Å²) in [6.45, 7) is 2.02. The van der Waals surface area contributed by atoms with Gasteiger partial charge in [-0.15, -0.1) is 0 Å². The van der Waals surface area contributed by atoms with Gasteiger partial charge in [0.25, 0.3) is 10.0 Å². The summed E-state index contributed by atoms with van der Waals surface area (Å²) in [5, 5.41) is 0.343. The van der Waals surface area contributed by atoms with Gasteiger partial charge in [0.2, 0.25) is 0 Å². The van der Waals surface area contributed by atoms with Crippen LogP contribution in [-0.4, -0.2) is 21.0 Å². The van der Waals surface area contributed by atoms with Crippen LogP contribution in [0.5, 0.6) is 0 Å². The zero-order valence-electron chi connectivity index (χ0n) is 13.2. The molecule has 132 valence electrons.